The summed E-state index contributed by atoms with van der Waals surface area (Å²) in [5, 5.41) is 9.47. The smallest absolute Gasteiger partial charge is 0.328 e. The van der Waals surface area contributed by atoms with Crippen LogP contribution in [0.4, 0.5) is 4.79 Å². The minimum absolute atomic E-state index is 0.0655. The van der Waals surface area contributed by atoms with Crippen LogP contribution in [0, 0.1) is 0 Å². The molecule has 4 amide bonds. The highest BCUT2D eigenvalue weighted by atomic mass is 16.5. The van der Waals surface area contributed by atoms with E-state index in [0.717, 1.165) is 16.6 Å². The summed E-state index contributed by atoms with van der Waals surface area (Å²) >= 11 is 0. The normalized spacial score (nSPS) is 14.9. The number of nitrogens with one attached hydrogen (secondary N) is 2. The van der Waals surface area contributed by atoms with Crippen molar-refractivity contribution in [3.05, 3.63) is 73.2 Å². The summed E-state index contributed by atoms with van der Waals surface area (Å²) in [6, 6.07) is 14.9. The molecule has 0 atom stereocenters. The van der Waals surface area contributed by atoms with Gasteiger partial charge in [0.15, 0.2) is 0 Å². The van der Waals surface area contributed by atoms with Gasteiger partial charge in [-0.1, -0.05) is 0 Å². The van der Waals surface area contributed by atoms with Crippen molar-refractivity contribution in [3.8, 4) is 22.9 Å². The van der Waals surface area contributed by atoms with Gasteiger partial charge in [-0.3, -0.25) is 25.2 Å². The molecule has 11 heteroatoms. The first-order valence-corrected chi connectivity index (χ1v) is 11.0. The zero-order chi connectivity index (χ0) is 25.1. The molecule has 11 nitrogen and oxygen atoms in total. The van der Waals surface area contributed by atoms with E-state index in [9.17, 15) is 14.4 Å². The fourth-order valence-corrected chi connectivity index (χ4v) is 3.83. The van der Waals surface area contributed by atoms with Crippen LogP contribution < -0.4 is 20.1 Å². The lowest BCUT2D eigenvalue weighted by Gasteiger charge is -2.34. The number of aromatic nitrogens is 3. The number of amides is 4. The van der Waals surface area contributed by atoms with E-state index in [1.165, 1.54) is 7.11 Å². The summed E-state index contributed by atoms with van der Waals surface area (Å²) in [7, 11) is 1.44. The number of rotatable bonds is 8. The van der Waals surface area contributed by atoms with Crippen molar-refractivity contribution < 1.29 is 28.6 Å². The highest BCUT2D eigenvalue weighted by Crippen LogP contribution is 2.30. The Hall–Kier alpha value is -4.77. The Labute approximate surface area is 205 Å². The maximum absolute atomic E-state index is 12.5. The fourth-order valence-electron chi connectivity index (χ4n) is 3.83. The number of hydrogen-bond acceptors (Lipinski definition) is 8. The number of carbonyl (C=O) groups is 3. The first-order chi connectivity index (χ1) is 17.5. The van der Waals surface area contributed by atoms with Crippen LogP contribution in [0.25, 0.3) is 16.6 Å². The summed E-state index contributed by atoms with van der Waals surface area (Å²) in [6.45, 7) is 0.0655. The number of fused-ring (bicyclic) bond motifs is 1. The SMILES string of the molecule is COCCC1(Oc2ccc(Oc3ccc4c(cnn4-c4cccnc4)c3)cc2)C(=O)NC(=O)NC1=O. The van der Waals surface area contributed by atoms with Gasteiger partial charge in [-0.15, -0.1) is 0 Å². The summed E-state index contributed by atoms with van der Waals surface area (Å²) < 4.78 is 18.6. The van der Waals surface area contributed by atoms with E-state index >= 15 is 0 Å². The number of methoxy groups -OCH3 is 1. The lowest BCUT2D eigenvalue weighted by atomic mass is 9.95. The molecule has 2 aromatic carbocycles. The quantitative estimate of drug-likeness (QED) is 0.363. The van der Waals surface area contributed by atoms with E-state index < -0.39 is 23.4 Å². The summed E-state index contributed by atoms with van der Waals surface area (Å²) in [6.07, 6.45) is 5.10. The molecule has 4 aromatic rings. The van der Waals surface area contributed by atoms with Crippen LogP contribution in [0.3, 0.4) is 0 Å². The van der Waals surface area contributed by atoms with Gasteiger partial charge in [0.2, 0.25) is 0 Å². The molecule has 2 N–H and O–H groups in total. The van der Waals surface area contributed by atoms with Crippen LogP contribution in [0.15, 0.2) is 73.2 Å². The Morgan fingerprint density at radius 1 is 0.917 bits per heavy atom. The number of carbonyl (C=O) groups excluding carboxylic acids is 3. The number of benzene rings is 2. The van der Waals surface area contributed by atoms with Crippen LogP contribution in [0.2, 0.25) is 0 Å². The molecule has 2 aromatic heterocycles. The number of barbiturate groups is 1. The molecule has 1 fully saturated rings. The monoisotopic (exact) mass is 487 g/mol. The Balaban J connectivity index is 1.33. The van der Waals surface area contributed by atoms with E-state index in [4.69, 9.17) is 14.2 Å². The first-order valence-electron chi connectivity index (χ1n) is 11.0. The van der Waals surface area contributed by atoms with Crippen molar-refractivity contribution in [3.63, 3.8) is 0 Å². The minimum atomic E-state index is -1.94. The van der Waals surface area contributed by atoms with Crippen LogP contribution >= 0.6 is 0 Å². The van der Waals surface area contributed by atoms with Crippen LogP contribution in [-0.4, -0.2) is 51.9 Å². The van der Waals surface area contributed by atoms with E-state index in [1.54, 1.807) is 47.5 Å². The molecule has 0 unspecified atom stereocenters. The Kier molecular flexibility index (Phi) is 6.05. The van der Waals surface area contributed by atoms with Crippen molar-refractivity contribution in [1.82, 2.24) is 25.4 Å². The maximum atomic E-state index is 12.5. The minimum Gasteiger partial charge on any atom is -0.467 e. The summed E-state index contributed by atoms with van der Waals surface area (Å²) in [5.74, 6) is -0.350. The van der Waals surface area contributed by atoms with Crippen molar-refractivity contribution in [2.45, 2.75) is 12.0 Å². The first kappa shape index (κ1) is 23.0. The average Bonchev–Trinajstić information content (AvgIpc) is 3.30. The molecule has 1 saturated heterocycles. The lowest BCUT2D eigenvalue weighted by molar-refractivity contribution is -0.153. The second-order valence-electron chi connectivity index (χ2n) is 7.97. The molecule has 0 bridgehead atoms. The van der Waals surface area contributed by atoms with Gasteiger partial charge in [0.1, 0.15) is 17.2 Å². The van der Waals surface area contributed by atoms with Crippen LogP contribution in [0.1, 0.15) is 6.42 Å². The molecule has 182 valence electrons. The molecule has 5 rings (SSSR count). The fraction of sp³-hybridized carbons (Fsp3) is 0.160. The Bertz CT molecular complexity index is 1410. The highest BCUT2D eigenvalue weighted by Gasteiger charge is 2.52. The highest BCUT2D eigenvalue weighted by molar-refractivity contribution is 6.21. The molecular weight excluding hydrogens is 466 g/mol. The zero-order valence-electron chi connectivity index (χ0n) is 19.1. The van der Waals surface area contributed by atoms with E-state index in [1.807, 2.05) is 30.3 Å². The maximum Gasteiger partial charge on any atom is 0.328 e. The number of urea groups is 1. The molecule has 0 spiro atoms. The second kappa shape index (κ2) is 9.47. The van der Waals surface area contributed by atoms with Gasteiger partial charge >= 0.3 is 6.03 Å². The molecule has 36 heavy (non-hydrogen) atoms. The summed E-state index contributed by atoms with van der Waals surface area (Å²) in [5.41, 5.74) is -0.182. The van der Waals surface area contributed by atoms with Gasteiger partial charge in [-0.25, -0.2) is 9.48 Å². The molecule has 0 aliphatic carbocycles. The molecule has 1 aliphatic rings. The Morgan fingerprint density at radius 2 is 1.64 bits per heavy atom. The summed E-state index contributed by atoms with van der Waals surface area (Å²) in [4.78, 5) is 40.7. The van der Waals surface area contributed by atoms with E-state index in [-0.39, 0.29) is 18.8 Å². The predicted octanol–water partition coefficient (Wildman–Crippen LogP) is 2.73. The number of pyridine rings is 1. The molecular formula is C25H21N5O6. The topological polar surface area (TPSA) is 134 Å². The number of imide groups is 2. The third-order valence-electron chi connectivity index (χ3n) is 5.63. The molecule has 3 heterocycles. The van der Waals surface area contributed by atoms with Crippen LogP contribution in [0.5, 0.6) is 17.2 Å². The third-order valence-corrected chi connectivity index (χ3v) is 5.63. The molecule has 1 aliphatic heterocycles. The van der Waals surface area contributed by atoms with Crippen molar-refractivity contribution in [2.24, 2.45) is 0 Å². The standard InChI is InChI=1S/C25H21N5O6/c1-34-12-10-25(22(31)28-24(33)29-23(25)32)36-19-6-4-18(5-7-19)35-20-8-9-21-16(13-20)14-27-30(21)17-3-2-11-26-15-17/h2-9,11,13-15H,10,12H2,1H3,(H2,28,29,31,32,33). The van der Waals surface area contributed by atoms with Crippen molar-refractivity contribution in [2.75, 3.05) is 13.7 Å². The van der Waals surface area contributed by atoms with Gasteiger partial charge < -0.3 is 14.2 Å². The largest absolute Gasteiger partial charge is 0.467 e. The molecule has 0 radical (unpaired) electrons. The van der Waals surface area contributed by atoms with Crippen molar-refractivity contribution in [1.29, 1.82) is 0 Å². The van der Waals surface area contributed by atoms with E-state index in [2.05, 4.69) is 20.7 Å². The number of nitrogens with zero attached hydrogens (tertiary/aromatic N) is 3. The van der Waals surface area contributed by atoms with E-state index in [0.29, 0.717) is 11.5 Å². The molecule has 0 saturated carbocycles. The van der Waals surface area contributed by atoms with Crippen molar-refractivity contribution >= 4 is 28.7 Å². The predicted molar refractivity (Wildman–Crippen MR) is 127 cm³/mol. The number of hydrogen-bond donors (Lipinski definition) is 2. The van der Waals surface area contributed by atoms with Gasteiger partial charge in [-0.05, 0) is 54.6 Å². The van der Waals surface area contributed by atoms with Crippen LogP contribution in [-0.2, 0) is 14.3 Å². The van der Waals surface area contributed by atoms with Gasteiger partial charge in [-0.2, -0.15) is 5.10 Å². The van der Waals surface area contributed by atoms with Gasteiger partial charge in [0, 0.05) is 25.1 Å². The Morgan fingerprint density at radius 3 is 2.33 bits per heavy atom. The lowest BCUT2D eigenvalue weighted by Crippen LogP contribution is -2.69. The van der Waals surface area contributed by atoms with Gasteiger partial charge in [0.05, 0.1) is 30.2 Å². The average molecular weight is 487 g/mol. The second-order valence-corrected chi connectivity index (χ2v) is 7.97. The van der Waals surface area contributed by atoms with Gasteiger partial charge in [0.25, 0.3) is 17.4 Å². The zero-order valence-corrected chi connectivity index (χ0v) is 19.1. The number of ether oxygens (including phenoxy) is 3. The third kappa shape index (κ3) is 4.34.